The van der Waals surface area contributed by atoms with Crippen LogP contribution < -0.4 is 5.32 Å². The van der Waals surface area contributed by atoms with Gasteiger partial charge in [-0.1, -0.05) is 30.3 Å². The zero-order chi connectivity index (χ0) is 14.9. The summed E-state index contributed by atoms with van der Waals surface area (Å²) in [6.07, 6.45) is 3.77. The van der Waals surface area contributed by atoms with Crippen LogP contribution in [-0.2, 0) is 4.79 Å². The van der Waals surface area contributed by atoms with E-state index in [4.69, 9.17) is 0 Å². The summed E-state index contributed by atoms with van der Waals surface area (Å²) < 4.78 is 1.78. The van der Waals surface area contributed by atoms with Gasteiger partial charge in [0.2, 0.25) is 11.9 Å². The molecule has 3 heterocycles. The molecule has 1 aliphatic heterocycles. The molecule has 0 saturated carbocycles. The summed E-state index contributed by atoms with van der Waals surface area (Å²) in [5.74, 6) is 0.988. The lowest BCUT2D eigenvalue weighted by atomic mass is 10.0. The van der Waals surface area contributed by atoms with Crippen LogP contribution in [0.1, 0.15) is 18.0 Å². The Labute approximate surface area is 126 Å². The first-order chi connectivity index (χ1) is 10.8. The Kier molecular flexibility index (Phi) is 2.93. The number of nitrogens with zero attached hydrogens (tertiary/aromatic N) is 4. The number of hydrogen-bond acceptors (Lipinski definition) is 4. The molecular formula is C16H13N5O. The van der Waals surface area contributed by atoms with Crippen LogP contribution in [0.4, 0.5) is 5.95 Å². The van der Waals surface area contributed by atoms with Crippen LogP contribution in [0.25, 0.3) is 11.4 Å². The molecule has 1 atom stereocenters. The molecule has 0 spiro atoms. The summed E-state index contributed by atoms with van der Waals surface area (Å²) in [7, 11) is 0. The fourth-order valence-corrected chi connectivity index (χ4v) is 2.62. The number of hydrogen-bond donors (Lipinski definition) is 1. The van der Waals surface area contributed by atoms with Crippen LogP contribution in [0, 0.1) is 0 Å². The van der Waals surface area contributed by atoms with Crippen molar-refractivity contribution in [3.63, 3.8) is 0 Å². The van der Waals surface area contributed by atoms with Crippen molar-refractivity contribution < 1.29 is 4.79 Å². The van der Waals surface area contributed by atoms with Gasteiger partial charge >= 0.3 is 0 Å². The van der Waals surface area contributed by atoms with Gasteiger partial charge in [-0.25, -0.2) is 4.68 Å². The van der Waals surface area contributed by atoms with Gasteiger partial charge in [0, 0.05) is 18.0 Å². The molecule has 3 aromatic rings. The van der Waals surface area contributed by atoms with Crippen molar-refractivity contribution in [2.75, 3.05) is 5.32 Å². The monoisotopic (exact) mass is 291 g/mol. The van der Waals surface area contributed by atoms with Crippen molar-refractivity contribution in [2.45, 2.75) is 12.5 Å². The zero-order valence-electron chi connectivity index (χ0n) is 11.7. The van der Waals surface area contributed by atoms with E-state index in [1.807, 2.05) is 42.5 Å². The topological polar surface area (TPSA) is 72.7 Å². The Morgan fingerprint density at radius 2 is 2.00 bits per heavy atom. The summed E-state index contributed by atoms with van der Waals surface area (Å²) in [6.45, 7) is 0. The Morgan fingerprint density at radius 3 is 2.77 bits per heavy atom. The van der Waals surface area contributed by atoms with Crippen molar-refractivity contribution in [1.29, 1.82) is 0 Å². The summed E-state index contributed by atoms with van der Waals surface area (Å²) in [5.41, 5.74) is 1.87. The standard InChI is InChI=1S/C16H13N5O/c22-14-9-13(11-5-2-1-3-6-11)21-16(18-14)19-15(20-21)12-7-4-8-17-10-12/h1-8,10,13H,9H2,(H,18,19,20,22). The van der Waals surface area contributed by atoms with E-state index in [9.17, 15) is 4.79 Å². The number of rotatable bonds is 2. The SMILES string of the molecule is O=C1CC(c2ccccc2)n2nc(-c3cccnc3)nc2N1. The molecular weight excluding hydrogens is 278 g/mol. The maximum Gasteiger partial charge on any atom is 0.229 e. The van der Waals surface area contributed by atoms with Gasteiger partial charge in [-0.05, 0) is 17.7 Å². The third-order valence-corrected chi connectivity index (χ3v) is 3.66. The van der Waals surface area contributed by atoms with E-state index in [-0.39, 0.29) is 11.9 Å². The van der Waals surface area contributed by atoms with E-state index in [1.165, 1.54) is 0 Å². The fraction of sp³-hybridized carbons (Fsp3) is 0.125. The van der Waals surface area contributed by atoms with Gasteiger partial charge in [-0.3, -0.25) is 15.1 Å². The number of nitrogens with one attached hydrogen (secondary N) is 1. The van der Waals surface area contributed by atoms with Gasteiger partial charge in [-0.2, -0.15) is 4.98 Å². The third kappa shape index (κ3) is 2.14. The van der Waals surface area contributed by atoms with Crippen LogP contribution in [0.2, 0.25) is 0 Å². The van der Waals surface area contributed by atoms with Crippen molar-refractivity contribution in [2.24, 2.45) is 0 Å². The Morgan fingerprint density at radius 1 is 1.14 bits per heavy atom. The maximum absolute atomic E-state index is 12.0. The molecule has 1 unspecified atom stereocenters. The van der Waals surface area contributed by atoms with Crippen LogP contribution >= 0.6 is 0 Å². The van der Waals surface area contributed by atoms with Gasteiger partial charge in [0.15, 0.2) is 5.82 Å². The third-order valence-electron chi connectivity index (χ3n) is 3.66. The molecule has 4 rings (SSSR count). The minimum absolute atomic E-state index is 0.0495. The minimum atomic E-state index is -0.136. The molecule has 1 aromatic carbocycles. The lowest BCUT2D eigenvalue weighted by molar-refractivity contribution is -0.117. The average Bonchev–Trinajstić information content (AvgIpc) is 2.99. The number of pyridine rings is 1. The maximum atomic E-state index is 12.0. The Bertz CT molecular complexity index is 813. The number of amides is 1. The number of fused-ring (bicyclic) bond motifs is 1. The second kappa shape index (κ2) is 5.07. The predicted molar refractivity (Wildman–Crippen MR) is 81.1 cm³/mol. The van der Waals surface area contributed by atoms with Crippen molar-refractivity contribution in [3.05, 3.63) is 60.4 Å². The van der Waals surface area contributed by atoms with E-state index in [0.29, 0.717) is 18.2 Å². The molecule has 1 amide bonds. The van der Waals surface area contributed by atoms with Gasteiger partial charge in [-0.15, -0.1) is 5.10 Å². The van der Waals surface area contributed by atoms with Crippen LogP contribution in [0.5, 0.6) is 0 Å². The number of benzene rings is 1. The summed E-state index contributed by atoms with van der Waals surface area (Å²) in [4.78, 5) is 20.5. The average molecular weight is 291 g/mol. The molecule has 22 heavy (non-hydrogen) atoms. The molecule has 1 N–H and O–H groups in total. The first-order valence-electron chi connectivity index (χ1n) is 7.03. The number of anilines is 1. The van der Waals surface area contributed by atoms with E-state index in [2.05, 4.69) is 20.4 Å². The molecule has 0 radical (unpaired) electrons. The van der Waals surface area contributed by atoms with Gasteiger partial charge in [0.05, 0.1) is 12.5 Å². The fourth-order valence-electron chi connectivity index (χ4n) is 2.62. The number of aromatic nitrogens is 4. The van der Waals surface area contributed by atoms with Crippen molar-refractivity contribution in [1.82, 2.24) is 19.7 Å². The minimum Gasteiger partial charge on any atom is -0.295 e. The number of carbonyl (C=O) groups is 1. The Hall–Kier alpha value is -3.02. The normalized spacial score (nSPS) is 16.9. The molecule has 6 nitrogen and oxygen atoms in total. The highest BCUT2D eigenvalue weighted by Crippen LogP contribution is 2.30. The molecule has 1 aliphatic rings. The quantitative estimate of drug-likeness (QED) is 0.786. The summed E-state index contributed by atoms with van der Waals surface area (Å²) in [5, 5.41) is 7.34. The molecule has 108 valence electrons. The largest absolute Gasteiger partial charge is 0.295 e. The second-order valence-corrected chi connectivity index (χ2v) is 5.12. The molecule has 0 fully saturated rings. The summed E-state index contributed by atoms with van der Waals surface area (Å²) >= 11 is 0. The van der Waals surface area contributed by atoms with Crippen molar-refractivity contribution >= 4 is 11.9 Å². The predicted octanol–water partition coefficient (Wildman–Crippen LogP) is 2.27. The van der Waals surface area contributed by atoms with Gasteiger partial charge in [0.25, 0.3) is 0 Å². The highest BCUT2D eigenvalue weighted by molar-refractivity contribution is 5.91. The number of carbonyl (C=O) groups excluding carboxylic acids is 1. The highest BCUT2D eigenvalue weighted by atomic mass is 16.2. The zero-order valence-corrected chi connectivity index (χ0v) is 11.7. The van der Waals surface area contributed by atoms with E-state index in [0.717, 1.165) is 11.1 Å². The van der Waals surface area contributed by atoms with Gasteiger partial charge in [0.1, 0.15) is 0 Å². The molecule has 0 aliphatic carbocycles. The first kappa shape index (κ1) is 12.7. The van der Waals surface area contributed by atoms with E-state index >= 15 is 0 Å². The lowest BCUT2D eigenvalue weighted by Gasteiger charge is -2.23. The molecule has 0 bridgehead atoms. The summed E-state index contributed by atoms with van der Waals surface area (Å²) in [6, 6.07) is 13.5. The highest BCUT2D eigenvalue weighted by Gasteiger charge is 2.29. The van der Waals surface area contributed by atoms with Crippen LogP contribution in [0.3, 0.4) is 0 Å². The smallest absolute Gasteiger partial charge is 0.229 e. The second-order valence-electron chi connectivity index (χ2n) is 5.12. The van der Waals surface area contributed by atoms with Crippen LogP contribution in [-0.4, -0.2) is 25.7 Å². The van der Waals surface area contributed by atoms with Crippen molar-refractivity contribution in [3.8, 4) is 11.4 Å². The van der Waals surface area contributed by atoms with Crippen LogP contribution in [0.15, 0.2) is 54.9 Å². The Balaban J connectivity index is 1.81. The first-order valence-corrected chi connectivity index (χ1v) is 7.03. The molecule has 0 saturated heterocycles. The van der Waals surface area contributed by atoms with E-state index in [1.54, 1.807) is 17.1 Å². The molecule has 2 aromatic heterocycles. The van der Waals surface area contributed by atoms with Gasteiger partial charge < -0.3 is 0 Å². The van der Waals surface area contributed by atoms with E-state index < -0.39 is 0 Å². The molecule has 6 heteroatoms. The lowest BCUT2D eigenvalue weighted by Crippen LogP contribution is -2.29.